The Labute approximate surface area is 373 Å². The van der Waals surface area contributed by atoms with E-state index < -0.39 is 5.41 Å². The first kappa shape index (κ1) is 36.3. The summed E-state index contributed by atoms with van der Waals surface area (Å²) in [6, 6.07) is 91.3. The van der Waals surface area contributed by atoms with E-state index in [4.69, 9.17) is 0 Å². The van der Waals surface area contributed by atoms with Crippen LogP contribution in [0.1, 0.15) is 22.3 Å². The van der Waals surface area contributed by atoms with Gasteiger partial charge in [-0.1, -0.05) is 170 Å². The van der Waals surface area contributed by atoms with Crippen LogP contribution in [0.25, 0.3) is 49.7 Å². The normalized spacial score (nSPS) is 12.8. The Bertz CT molecular complexity index is 3450. The van der Waals surface area contributed by atoms with Crippen molar-refractivity contribution >= 4 is 55.9 Å². The van der Waals surface area contributed by atoms with Gasteiger partial charge in [-0.25, -0.2) is 0 Å². The lowest BCUT2D eigenvalue weighted by molar-refractivity contribution is 0.793. The molecule has 0 saturated carbocycles. The third kappa shape index (κ3) is 5.22. The van der Waals surface area contributed by atoms with E-state index in [1.165, 1.54) is 55.3 Å². The second-order valence-corrected chi connectivity index (χ2v) is 16.8. The molecule has 300 valence electrons. The van der Waals surface area contributed by atoms with Crippen LogP contribution in [-0.2, 0) is 5.41 Å². The van der Waals surface area contributed by atoms with E-state index >= 15 is 0 Å². The van der Waals surface area contributed by atoms with E-state index in [1.54, 1.807) is 0 Å². The Morgan fingerprint density at radius 2 is 0.750 bits per heavy atom. The standard InChI is InChI=1S/C61H41N3/c1-5-21-42(22-6-1)62(46-37-38-51-50-31-15-19-35-55(50)61(56(51)39-46)53-33-17-13-29-48(53)49-30-14-18-34-54(49)61)47-40-58(63(43-23-7-2-8-24-43)44-25-9-3-10-26-44)60-52-32-16-20-36-57(52)64(59(60)41-47)45-27-11-4-12-28-45/h1-41H. The molecule has 3 heteroatoms. The van der Waals surface area contributed by atoms with Gasteiger partial charge in [-0.15, -0.1) is 0 Å². The summed E-state index contributed by atoms with van der Waals surface area (Å²) in [4.78, 5) is 4.89. The molecule has 1 spiro atoms. The van der Waals surface area contributed by atoms with Gasteiger partial charge in [-0.2, -0.15) is 0 Å². The number of benzene rings is 10. The van der Waals surface area contributed by atoms with E-state index in [0.717, 1.165) is 50.8 Å². The molecule has 0 fully saturated rings. The molecule has 3 nitrogen and oxygen atoms in total. The number of hydrogen-bond acceptors (Lipinski definition) is 2. The molecule has 0 bridgehead atoms. The van der Waals surface area contributed by atoms with Crippen LogP contribution in [-0.4, -0.2) is 4.57 Å². The van der Waals surface area contributed by atoms with Gasteiger partial charge in [0.2, 0.25) is 0 Å². The molecule has 0 radical (unpaired) electrons. The largest absolute Gasteiger partial charge is 0.310 e. The highest BCUT2D eigenvalue weighted by atomic mass is 15.2. The molecule has 11 aromatic rings. The second kappa shape index (κ2) is 14.3. The molecular formula is C61H41N3. The first-order valence-electron chi connectivity index (χ1n) is 22.1. The summed E-state index contributed by atoms with van der Waals surface area (Å²) in [5, 5.41) is 2.38. The number of rotatable bonds is 7. The molecule has 0 N–H and O–H groups in total. The van der Waals surface area contributed by atoms with Gasteiger partial charge in [0, 0.05) is 39.2 Å². The van der Waals surface area contributed by atoms with Crippen LogP contribution in [0.4, 0.5) is 34.1 Å². The van der Waals surface area contributed by atoms with Gasteiger partial charge >= 0.3 is 0 Å². The van der Waals surface area contributed by atoms with Crippen molar-refractivity contribution in [3.8, 4) is 27.9 Å². The molecule has 2 aliphatic carbocycles. The number of nitrogens with zero attached hydrogens (tertiary/aromatic N) is 3. The average molecular weight is 816 g/mol. The van der Waals surface area contributed by atoms with E-state index in [0.29, 0.717) is 0 Å². The fourth-order valence-corrected chi connectivity index (χ4v) is 11.0. The fourth-order valence-electron chi connectivity index (χ4n) is 11.0. The third-order valence-electron chi connectivity index (χ3n) is 13.5. The molecule has 13 rings (SSSR count). The SMILES string of the molecule is c1ccc(N(c2ccc3c(c2)C2(c4ccccc4-c4ccccc42)c2ccccc2-3)c2cc(N(c3ccccc3)c3ccccc3)c3c4ccccc4n(-c4ccccc4)c3c2)cc1. The second-order valence-electron chi connectivity index (χ2n) is 16.8. The highest BCUT2D eigenvalue weighted by Gasteiger charge is 2.51. The van der Waals surface area contributed by atoms with Crippen molar-refractivity contribution in [3.05, 3.63) is 271 Å². The van der Waals surface area contributed by atoms with Gasteiger partial charge in [0.25, 0.3) is 0 Å². The highest BCUT2D eigenvalue weighted by Crippen LogP contribution is 2.63. The fraction of sp³-hybridized carbons (Fsp3) is 0.0164. The van der Waals surface area contributed by atoms with Gasteiger partial charge in [-0.05, 0) is 123 Å². The average Bonchev–Trinajstić information content (AvgIpc) is 3.97. The predicted octanol–water partition coefficient (Wildman–Crippen LogP) is 16.1. The Balaban J connectivity index is 1.14. The van der Waals surface area contributed by atoms with Crippen molar-refractivity contribution in [1.29, 1.82) is 0 Å². The maximum absolute atomic E-state index is 2.49. The van der Waals surface area contributed by atoms with Crippen molar-refractivity contribution < 1.29 is 0 Å². The lowest BCUT2D eigenvalue weighted by Gasteiger charge is -2.33. The molecule has 64 heavy (non-hydrogen) atoms. The minimum atomic E-state index is -0.469. The third-order valence-corrected chi connectivity index (χ3v) is 13.5. The van der Waals surface area contributed by atoms with Gasteiger partial charge < -0.3 is 14.4 Å². The molecule has 0 unspecified atom stereocenters. The number of fused-ring (bicyclic) bond motifs is 13. The molecular weight excluding hydrogens is 775 g/mol. The maximum atomic E-state index is 2.49. The molecule has 10 aromatic carbocycles. The van der Waals surface area contributed by atoms with E-state index in [2.05, 4.69) is 263 Å². The van der Waals surface area contributed by atoms with Crippen LogP contribution < -0.4 is 9.80 Å². The summed E-state index contributed by atoms with van der Waals surface area (Å²) in [7, 11) is 0. The summed E-state index contributed by atoms with van der Waals surface area (Å²) in [5.74, 6) is 0. The van der Waals surface area contributed by atoms with Crippen LogP contribution in [0.5, 0.6) is 0 Å². The van der Waals surface area contributed by atoms with E-state index in [-0.39, 0.29) is 0 Å². The van der Waals surface area contributed by atoms with E-state index in [9.17, 15) is 0 Å². The lowest BCUT2D eigenvalue weighted by atomic mass is 9.70. The predicted molar refractivity (Wildman–Crippen MR) is 266 cm³/mol. The van der Waals surface area contributed by atoms with Gasteiger partial charge in [-0.3, -0.25) is 0 Å². The molecule has 0 saturated heterocycles. The topological polar surface area (TPSA) is 11.4 Å². The first-order valence-corrected chi connectivity index (χ1v) is 22.1. The van der Waals surface area contributed by atoms with Crippen LogP contribution in [0, 0.1) is 0 Å². The minimum absolute atomic E-state index is 0.469. The maximum Gasteiger partial charge on any atom is 0.0726 e. The van der Waals surface area contributed by atoms with Crippen LogP contribution in [0.3, 0.4) is 0 Å². The molecule has 1 heterocycles. The Hall–Kier alpha value is -8.40. The van der Waals surface area contributed by atoms with Gasteiger partial charge in [0.1, 0.15) is 0 Å². The summed E-state index contributed by atoms with van der Waals surface area (Å²) >= 11 is 0. The first-order chi connectivity index (χ1) is 31.8. The summed E-state index contributed by atoms with van der Waals surface area (Å²) in [6.45, 7) is 0. The summed E-state index contributed by atoms with van der Waals surface area (Å²) in [6.07, 6.45) is 0. The smallest absolute Gasteiger partial charge is 0.0726 e. The van der Waals surface area contributed by atoms with E-state index in [1.807, 2.05) is 0 Å². The number of aromatic nitrogens is 1. The van der Waals surface area contributed by atoms with Crippen molar-refractivity contribution in [2.75, 3.05) is 9.80 Å². The number of para-hydroxylation sites is 5. The quantitative estimate of drug-likeness (QED) is 0.159. The van der Waals surface area contributed by atoms with Crippen LogP contribution in [0.2, 0.25) is 0 Å². The zero-order valence-corrected chi connectivity index (χ0v) is 35.0. The minimum Gasteiger partial charge on any atom is -0.310 e. The number of anilines is 6. The van der Waals surface area contributed by atoms with Crippen LogP contribution >= 0.6 is 0 Å². The van der Waals surface area contributed by atoms with Crippen molar-refractivity contribution in [1.82, 2.24) is 4.57 Å². The zero-order valence-electron chi connectivity index (χ0n) is 35.0. The molecule has 0 atom stereocenters. The zero-order chi connectivity index (χ0) is 42.2. The van der Waals surface area contributed by atoms with Crippen LogP contribution in [0.15, 0.2) is 249 Å². The Kier molecular flexibility index (Phi) is 8.13. The summed E-state index contributed by atoms with van der Waals surface area (Å²) in [5.41, 5.74) is 19.9. The van der Waals surface area contributed by atoms with Gasteiger partial charge in [0.05, 0.1) is 27.8 Å². The Morgan fingerprint density at radius 3 is 1.31 bits per heavy atom. The molecule has 0 amide bonds. The molecule has 1 aromatic heterocycles. The molecule has 0 aliphatic heterocycles. The highest BCUT2D eigenvalue weighted by molar-refractivity contribution is 6.18. The Morgan fingerprint density at radius 1 is 0.297 bits per heavy atom. The van der Waals surface area contributed by atoms with Gasteiger partial charge in [0.15, 0.2) is 0 Å². The number of hydrogen-bond donors (Lipinski definition) is 0. The van der Waals surface area contributed by atoms with Crippen molar-refractivity contribution in [3.63, 3.8) is 0 Å². The monoisotopic (exact) mass is 815 g/mol. The molecule has 2 aliphatic rings. The lowest BCUT2D eigenvalue weighted by Crippen LogP contribution is -2.26. The van der Waals surface area contributed by atoms with Crippen molar-refractivity contribution in [2.24, 2.45) is 0 Å². The summed E-state index contributed by atoms with van der Waals surface area (Å²) < 4.78 is 2.44. The van der Waals surface area contributed by atoms with Crippen molar-refractivity contribution in [2.45, 2.75) is 5.41 Å².